The Morgan fingerprint density at radius 2 is 0.951 bits per heavy atom. The second-order valence-corrected chi connectivity index (χ2v) is 17.7. The summed E-state index contributed by atoms with van der Waals surface area (Å²) in [6.07, 6.45) is 38.6. The lowest BCUT2D eigenvalue weighted by molar-refractivity contribution is -0.294. The zero-order valence-electron chi connectivity index (χ0n) is 40.9. The first kappa shape index (κ1) is 58.6. The Morgan fingerprint density at radius 1 is 0.525 bits per heavy atom. The van der Waals surface area contributed by atoms with E-state index in [-0.39, 0.29) is 18.0 Å². The van der Waals surface area contributed by atoms with Crippen LogP contribution in [0.3, 0.4) is 0 Å². The molecular formula is C50H98N4O7. The summed E-state index contributed by atoms with van der Waals surface area (Å²) in [4.78, 5) is 54.4. The van der Waals surface area contributed by atoms with Crippen LogP contribution in [0.25, 0.3) is 0 Å². The fraction of sp³-hybridized carbons (Fsp3) is 0.920. The van der Waals surface area contributed by atoms with E-state index in [0.29, 0.717) is 32.0 Å². The van der Waals surface area contributed by atoms with Crippen molar-refractivity contribution in [2.75, 3.05) is 46.9 Å². The standard InChI is InChI=1S/C50H98N4O7/c1-7-10-13-16-19-28-35-45-58-48(56)39-31-24-20-26-33-42-54(44-36-41-51-50(53(5)6)52-61-60-46(4)55)43-34-27-21-25-32-40-49(57)59-47(37-29-22-17-14-11-8-2)38-30-23-18-15-12-9-3/h47H,7-45H2,1-6H3,(H,51,52). The molecule has 0 rings (SSSR count). The molecule has 0 aromatic heterocycles. The first-order valence-electron chi connectivity index (χ1n) is 25.6. The number of nitrogens with one attached hydrogen (secondary N) is 1. The Hall–Kier alpha value is -2.40. The third-order valence-electron chi connectivity index (χ3n) is 11.4. The molecule has 360 valence electrons. The summed E-state index contributed by atoms with van der Waals surface area (Å²) in [5, 5.41) is 0. The molecule has 61 heavy (non-hydrogen) atoms. The van der Waals surface area contributed by atoms with Crippen molar-refractivity contribution in [1.29, 1.82) is 0 Å². The Bertz CT molecular complexity index is 1010. The molecule has 0 aliphatic heterocycles. The maximum absolute atomic E-state index is 12.9. The number of guanidine groups is 1. The molecule has 0 fully saturated rings. The van der Waals surface area contributed by atoms with E-state index in [0.717, 1.165) is 116 Å². The van der Waals surface area contributed by atoms with Crippen molar-refractivity contribution < 1.29 is 33.7 Å². The fourth-order valence-corrected chi connectivity index (χ4v) is 7.60. The van der Waals surface area contributed by atoms with Gasteiger partial charge in [-0.15, -0.1) is 0 Å². The van der Waals surface area contributed by atoms with Crippen LogP contribution in [0.5, 0.6) is 0 Å². The minimum absolute atomic E-state index is 0.0000931. The molecule has 0 radical (unpaired) electrons. The number of aliphatic imine (C=N–C) groups is 1. The van der Waals surface area contributed by atoms with Crippen LogP contribution >= 0.6 is 0 Å². The molecule has 0 aromatic carbocycles. The number of esters is 2. The number of hydrogen-bond acceptors (Lipinski definition) is 9. The number of hydrogen-bond donors (Lipinski definition) is 1. The molecule has 0 atom stereocenters. The van der Waals surface area contributed by atoms with Gasteiger partial charge in [0.25, 0.3) is 0 Å². The molecule has 0 saturated heterocycles. The number of carbonyl (C=O) groups excluding carboxylic acids is 3. The number of nitrogens with zero attached hydrogens (tertiary/aromatic N) is 3. The average molecular weight is 867 g/mol. The third-order valence-corrected chi connectivity index (χ3v) is 11.4. The Labute approximate surface area is 375 Å². The van der Waals surface area contributed by atoms with Crippen molar-refractivity contribution in [3.8, 4) is 0 Å². The van der Waals surface area contributed by atoms with Crippen molar-refractivity contribution in [2.45, 2.75) is 252 Å². The lowest BCUT2D eigenvalue weighted by Gasteiger charge is -2.22. The van der Waals surface area contributed by atoms with Gasteiger partial charge < -0.3 is 19.3 Å². The molecule has 0 aromatic rings. The molecule has 0 spiro atoms. The second-order valence-electron chi connectivity index (χ2n) is 17.7. The number of carbonyl (C=O) groups is 3. The minimum atomic E-state index is -0.540. The number of rotatable bonds is 45. The highest BCUT2D eigenvalue weighted by Gasteiger charge is 2.15. The Morgan fingerprint density at radius 3 is 1.44 bits per heavy atom. The summed E-state index contributed by atoms with van der Waals surface area (Å²) in [7, 11) is 3.70. The van der Waals surface area contributed by atoms with Gasteiger partial charge >= 0.3 is 17.9 Å². The highest BCUT2D eigenvalue weighted by molar-refractivity contribution is 5.78. The van der Waals surface area contributed by atoms with Crippen molar-refractivity contribution in [3.63, 3.8) is 0 Å². The molecule has 0 unspecified atom stereocenters. The summed E-state index contributed by atoms with van der Waals surface area (Å²) in [6.45, 7) is 12.2. The van der Waals surface area contributed by atoms with Gasteiger partial charge in [-0.25, -0.2) is 4.79 Å². The fourth-order valence-electron chi connectivity index (χ4n) is 7.60. The molecular weight excluding hydrogens is 769 g/mol. The van der Waals surface area contributed by atoms with Gasteiger partial charge in [0.1, 0.15) is 6.10 Å². The van der Waals surface area contributed by atoms with Crippen molar-refractivity contribution in [3.05, 3.63) is 0 Å². The Balaban J connectivity index is 4.65. The minimum Gasteiger partial charge on any atom is -0.466 e. The van der Waals surface area contributed by atoms with Crippen LogP contribution in [0.15, 0.2) is 4.99 Å². The SMILES string of the molecule is CCCCCCCCCOC(=O)CCCCCCCN(CCCCCCCC(=O)OC(CCCCCCCC)CCCCCCCC)CCCN=C(NOOC(C)=O)N(C)C. The van der Waals surface area contributed by atoms with Gasteiger partial charge in [-0.3, -0.25) is 19.5 Å². The largest absolute Gasteiger partial charge is 0.466 e. The topological polar surface area (TPSA) is 119 Å². The number of unbranched alkanes of at least 4 members (excludes halogenated alkanes) is 24. The van der Waals surface area contributed by atoms with Crippen molar-refractivity contribution in [2.24, 2.45) is 4.99 Å². The quantitative estimate of drug-likeness (QED) is 0.0158. The van der Waals surface area contributed by atoms with Crippen LogP contribution in [0, 0.1) is 0 Å². The van der Waals surface area contributed by atoms with E-state index in [1.165, 1.54) is 116 Å². The van der Waals surface area contributed by atoms with Gasteiger partial charge in [0.05, 0.1) is 6.61 Å². The average Bonchev–Trinajstić information content (AvgIpc) is 3.23. The molecule has 0 amide bonds. The zero-order valence-corrected chi connectivity index (χ0v) is 40.9. The van der Waals surface area contributed by atoms with E-state index in [4.69, 9.17) is 14.5 Å². The van der Waals surface area contributed by atoms with Gasteiger partial charge in [0.2, 0.25) is 5.96 Å². The van der Waals surface area contributed by atoms with E-state index in [2.05, 4.69) is 41.0 Å². The highest BCUT2D eigenvalue weighted by atomic mass is 17.3. The summed E-state index contributed by atoms with van der Waals surface area (Å²) in [5.41, 5.74) is 2.59. The van der Waals surface area contributed by atoms with Crippen molar-refractivity contribution in [1.82, 2.24) is 15.3 Å². The molecule has 1 N–H and O–H groups in total. The van der Waals surface area contributed by atoms with Crippen LogP contribution in [-0.2, 0) is 33.7 Å². The van der Waals surface area contributed by atoms with E-state index >= 15 is 0 Å². The molecule has 0 aliphatic carbocycles. The second kappa shape index (κ2) is 45.6. The van der Waals surface area contributed by atoms with Crippen LogP contribution in [-0.4, -0.2) is 86.7 Å². The normalized spacial score (nSPS) is 11.7. The summed E-state index contributed by atoms with van der Waals surface area (Å²) in [6, 6.07) is 0. The van der Waals surface area contributed by atoms with Gasteiger partial charge in [-0.2, -0.15) is 5.48 Å². The zero-order chi connectivity index (χ0) is 44.9. The van der Waals surface area contributed by atoms with Gasteiger partial charge in [-0.1, -0.05) is 167 Å². The highest BCUT2D eigenvalue weighted by Crippen LogP contribution is 2.19. The van der Waals surface area contributed by atoms with E-state index in [1.54, 1.807) is 4.90 Å². The maximum atomic E-state index is 12.9. The predicted octanol–water partition coefficient (Wildman–Crippen LogP) is 13.0. The van der Waals surface area contributed by atoms with E-state index in [1.807, 2.05) is 14.1 Å². The first-order valence-corrected chi connectivity index (χ1v) is 25.6. The monoisotopic (exact) mass is 867 g/mol. The number of ether oxygens (including phenoxy) is 2. The summed E-state index contributed by atoms with van der Waals surface area (Å²) in [5.74, 6) is -0.0946. The van der Waals surface area contributed by atoms with E-state index in [9.17, 15) is 14.4 Å². The third kappa shape index (κ3) is 42.7. The first-order chi connectivity index (χ1) is 29.7. The van der Waals surface area contributed by atoms with E-state index < -0.39 is 5.97 Å². The predicted molar refractivity (Wildman–Crippen MR) is 253 cm³/mol. The van der Waals surface area contributed by atoms with Crippen molar-refractivity contribution >= 4 is 23.9 Å². The van der Waals surface area contributed by atoms with Crippen LogP contribution in [0.1, 0.15) is 246 Å². The van der Waals surface area contributed by atoms with Gasteiger partial charge in [-0.05, 0) is 83.8 Å². The van der Waals surface area contributed by atoms with Gasteiger partial charge in [0.15, 0.2) is 0 Å². The van der Waals surface area contributed by atoms with Crippen LogP contribution in [0.2, 0.25) is 0 Å². The summed E-state index contributed by atoms with van der Waals surface area (Å²) >= 11 is 0. The number of hydroxylamine groups is 1. The molecule has 0 bridgehead atoms. The molecule has 0 aliphatic rings. The lowest BCUT2D eigenvalue weighted by Crippen LogP contribution is -2.37. The molecule has 0 saturated carbocycles. The molecule has 11 nitrogen and oxygen atoms in total. The molecule has 11 heteroatoms. The van der Waals surface area contributed by atoms with Crippen LogP contribution < -0.4 is 5.48 Å². The maximum Gasteiger partial charge on any atom is 0.342 e. The lowest BCUT2D eigenvalue weighted by atomic mass is 10.0. The van der Waals surface area contributed by atoms with Gasteiger partial charge in [0, 0.05) is 40.4 Å². The van der Waals surface area contributed by atoms with Crippen LogP contribution in [0.4, 0.5) is 0 Å². The molecule has 0 heterocycles. The summed E-state index contributed by atoms with van der Waals surface area (Å²) < 4.78 is 11.5. The smallest absolute Gasteiger partial charge is 0.342 e. The Kier molecular flexibility index (Phi) is 43.8.